The number of allylic oxidation sites excluding steroid dienone is 2. The molecule has 0 aliphatic rings. The molecule has 0 saturated heterocycles. The summed E-state index contributed by atoms with van der Waals surface area (Å²) in [6.45, 7) is 0. The average molecular weight is 170 g/mol. The smallest absolute Gasteiger partial charge is 0.328 e. The van der Waals surface area contributed by atoms with E-state index in [-0.39, 0.29) is 0 Å². The average Bonchev–Trinajstić information content (AvgIpc) is 1.96. The van der Waals surface area contributed by atoms with Crippen molar-refractivity contribution in [1.82, 2.24) is 0 Å². The Balaban J connectivity index is 4.07. The van der Waals surface area contributed by atoms with E-state index in [0.29, 0.717) is 12.2 Å². The fourth-order valence-corrected chi connectivity index (χ4v) is 0.362. The molecule has 2 N–H and O–H groups in total. The minimum atomic E-state index is -1.26. The number of ketones is 1. The molecule has 64 valence electrons. The monoisotopic (exact) mass is 170 g/mol. The molecule has 12 heavy (non-hydrogen) atoms. The van der Waals surface area contributed by atoms with Crippen LogP contribution >= 0.6 is 0 Å². The number of carboxylic acid groups (broad SMARTS) is 2. The van der Waals surface area contributed by atoms with Crippen molar-refractivity contribution in [2.24, 2.45) is 0 Å². The van der Waals surface area contributed by atoms with Crippen molar-refractivity contribution in [2.45, 2.75) is 0 Å². The van der Waals surface area contributed by atoms with Crippen LogP contribution in [0.25, 0.3) is 0 Å². The van der Waals surface area contributed by atoms with Gasteiger partial charge in [-0.3, -0.25) is 4.79 Å². The molecule has 5 heteroatoms. The third-order valence-corrected chi connectivity index (χ3v) is 0.780. The van der Waals surface area contributed by atoms with Gasteiger partial charge in [-0.05, 0) is 12.2 Å². The van der Waals surface area contributed by atoms with E-state index in [9.17, 15) is 14.4 Å². The number of rotatable bonds is 4. The van der Waals surface area contributed by atoms with E-state index in [1.54, 1.807) is 0 Å². The number of hydrogen-bond donors (Lipinski definition) is 2. The molecule has 0 heterocycles. The van der Waals surface area contributed by atoms with Crippen LogP contribution in [-0.2, 0) is 14.4 Å². The highest BCUT2D eigenvalue weighted by molar-refractivity contribution is 6.04. The molecular formula is C7H6O5. The van der Waals surface area contributed by atoms with Crippen LogP contribution in [0.1, 0.15) is 0 Å². The van der Waals surface area contributed by atoms with Gasteiger partial charge in [-0.1, -0.05) is 0 Å². The number of carbonyl (C=O) groups is 3. The van der Waals surface area contributed by atoms with Crippen LogP contribution in [0.2, 0.25) is 0 Å². The Hall–Kier alpha value is -1.91. The molecule has 0 aromatic rings. The summed E-state index contributed by atoms with van der Waals surface area (Å²) in [5.74, 6) is -3.20. The molecule has 0 aromatic carbocycles. The third kappa shape index (κ3) is 6.21. The molecule has 0 bridgehead atoms. The molecule has 0 amide bonds. The summed E-state index contributed by atoms with van der Waals surface area (Å²) in [5.41, 5.74) is 0. The predicted octanol–water partition coefficient (Wildman–Crippen LogP) is -0.163. The van der Waals surface area contributed by atoms with Crippen LogP contribution < -0.4 is 0 Å². The Kier molecular flexibility index (Phi) is 4.07. The van der Waals surface area contributed by atoms with Crippen LogP contribution in [0.3, 0.4) is 0 Å². The molecule has 0 aliphatic heterocycles. The first-order valence-corrected chi connectivity index (χ1v) is 2.88. The van der Waals surface area contributed by atoms with Gasteiger partial charge in [0.2, 0.25) is 0 Å². The zero-order chi connectivity index (χ0) is 9.56. The summed E-state index contributed by atoms with van der Waals surface area (Å²) < 4.78 is 0. The van der Waals surface area contributed by atoms with Crippen LogP contribution in [0, 0.1) is 0 Å². The highest BCUT2D eigenvalue weighted by atomic mass is 16.4. The minimum absolute atomic E-state index is 0.633. The van der Waals surface area contributed by atoms with Gasteiger partial charge in [0.05, 0.1) is 0 Å². The molecule has 0 radical (unpaired) electrons. The van der Waals surface area contributed by atoms with Gasteiger partial charge in [-0.2, -0.15) is 0 Å². The summed E-state index contributed by atoms with van der Waals surface area (Å²) in [7, 11) is 0. The second kappa shape index (κ2) is 4.84. The Labute approximate surface area is 67.6 Å². The van der Waals surface area contributed by atoms with Gasteiger partial charge in [-0.15, -0.1) is 0 Å². The van der Waals surface area contributed by atoms with Gasteiger partial charge >= 0.3 is 11.9 Å². The Morgan fingerprint density at radius 2 is 1.08 bits per heavy atom. The lowest BCUT2D eigenvalue weighted by molar-refractivity contribution is -0.132. The lowest BCUT2D eigenvalue weighted by atomic mass is 10.3. The van der Waals surface area contributed by atoms with Gasteiger partial charge in [0, 0.05) is 12.2 Å². The number of carbonyl (C=O) groups excluding carboxylic acids is 1. The normalized spacial score (nSPS) is 10.7. The molecule has 0 rings (SSSR count). The lowest BCUT2D eigenvalue weighted by Crippen LogP contribution is -1.93. The lowest BCUT2D eigenvalue weighted by Gasteiger charge is -1.80. The van der Waals surface area contributed by atoms with E-state index >= 15 is 0 Å². The molecule has 0 aliphatic carbocycles. The maximum atomic E-state index is 10.6. The van der Waals surface area contributed by atoms with Crippen LogP contribution in [0.4, 0.5) is 0 Å². The van der Waals surface area contributed by atoms with Gasteiger partial charge in [-0.25, -0.2) is 9.59 Å². The molecule has 0 saturated carbocycles. The van der Waals surface area contributed by atoms with E-state index < -0.39 is 17.7 Å². The Morgan fingerprint density at radius 1 is 0.750 bits per heavy atom. The number of carboxylic acids is 2. The SMILES string of the molecule is O=C(O)C=CC(=O)/C=C/C(=O)O. The minimum Gasteiger partial charge on any atom is -0.478 e. The van der Waals surface area contributed by atoms with Crippen molar-refractivity contribution in [3.63, 3.8) is 0 Å². The second-order valence-corrected chi connectivity index (χ2v) is 1.75. The maximum absolute atomic E-state index is 10.6. The summed E-state index contributed by atoms with van der Waals surface area (Å²) >= 11 is 0. The molecule has 0 aromatic heterocycles. The van der Waals surface area contributed by atoms with E-state index in [1.807, 2.05) is 0 Å². The maximum Gasteiger partial charge on any atom is 0.328 e. The van der Waals surface area contributed by atoms with Crippen molar-refractivity contribution >= 4 is 17.7 Å². The van der Waals surface area contributed by atoms with E-state index in [2.05, 4.69) is 0 Å². The van der Waals surface area contributed by atoms with Gasteiger partial charge < -0.3 is 10.2 Å². The van der Waals surface area contributed by atoms with E-state index in [0.717, 1.165) is 12.2 Å². The summed E-state index contributed by atoms with van der Waals surface area (Å²) in [6.07, 6.45) is 2.80. The first-order valence-electron chi connectivity index (χ1n) is 2.88. The van der Waals surface area contributed by atoms with Crippen molar-refractivity contribution in [3.05, 3.63) is 24.3 Å². The van der Waals surface area contributed by atoms with Crippen LogP contribution in [0.15, 0.2) is 24.3 Å². The fraction of sp³-hybridized carbons (Fsp3) is 0. The molecule has 5 nitrogen and oxygen atoms in total. The van der Waals surface area contributed by atoms with E-state index in [1.165, 1.54) is 0 Å². The highest BCUT2D eigenvalue weighted by Crippen LogP contribution is 1.81. The van der Waals surface area contributed by atoms with E-state index in [4.69, 9.17) is 10.2 Å². The number of aliphatic carboxylic acids is 2. The fourth-order valence-electron chi connectivity index (χ4n) is 0.362. The summed E-state index contributed by atoms with van der Waals surface area (Å²) in [6, 6.07) is 0. The third-order valence-electron chi connectivity index (χ3n) is 0.780. The van der Waals surface area contributed by atoms with Gasteiger partial charge in [0.15, 0.2) is 5.78 Å². The van der Waals surface area contributed by atoms with Crippen LogP contribution in [-0.4, -0.2) is 27.9 Å². The van der Waals surface area contributed by atoms with Crippen molar-refractivity contribution in [1.29, 1.82) is 0 Å². The van der Waals surface area contributed by atoms with Crippen molar-refractivity contribution in [3.8, 4) is 0 Å². The van der Waals surface area contributed by atoms with Gasteiger partial charge in [0.25, 0.3) is 0 Å². The first kappa shape index (κ1) is 10.1. The largest absolute Gasteiger partial charge is 0.478 e. The predicted molar refractivity (Wildman–Crippen MR) is 38.6 cm³/mol. The first-order chi connectivity index (χ1) is 5.52. The molecule has 0 fully saturated rings. The second-order valence-electron chi connectivity index (χ2n) is 1.75. The quantitative estimate of drug-likeness (QED) is 0.572. The van der Waals surface area contributed by atoms with Crippen molar-refractivity contribution < 1.29 is 24.6 Å². The van der Waals surface area contributed by atoms with Crippen LogP contribution in [0.5, 0.6) is 0 Å². The molecule has 0 atom stereocenters. The summed E-state index contributed by atoms with van der Waals surface area (Å²) in [4.78, 5) is 30.3. The molecule has 0 spiro atoms. The molecule has 0 unspecified atom stereocenters. The van der Waals surface area contributed by atoms with Gasteiger partial charge in [0.1, 0.15) is 0 Å². The topological polar surface area (TPSA) is 91.7 Å². The highest BCUT2D eigenvalue weighted by Gasteiger charge is 1.92. The Morgan fingerprint density at radius 3 is 1.33 bits per heavy atom. The zero-order valence-electron chi connectivity index (χ0n) is 5.93. The summed E-state index contributed by atoms with van der Waals surface area (Å²) in [5, 5.41) is 16.1. The molecular weight excluding hydrogens is 164 g/mol. The number of hydrogen-bond acceptors (Lipinski definition) is 3. The standard InChI is InChI=1S/C7H6O5/c8-5(1-3-6(9)10)2-4-7(11)12/h1-4H,(H,9,10)(H,11,12)/b3-1+,4-2?. The van der Waals surface area contributed by atoms with Crippen molar-refractivity contribution in [2.75, 3.05) is 0 Å². The Bertz CT molecular complexity index is 235. The zero-order valence-corrected chi connectivity index (χ0v) is 5.93.